The van der Waals surface area contributed by atoms with Crippen LogP contribution in [0.1, 0.15) is 5.56 Å². The van der Waals surface area contributed by atoms with Crippen LogP contribution in [0.4, 0.5) is 4.79 Å². The second-order valence-electron chi connectivity index (χ2n) is 5.51. The number of nitrogens with one attached hydrogen (secondary N) is 1. The molecular weight excluding hydrogens is 280 g/mol. The molecule has 3 rings (SSSR count). The summed E-state index contributed by atoms with van der Waals surface area (Å²) in [5.41, 5.74) is 2.80. The van der Waals surface area contributed by atoms with E-state index < -0.39 is 0 Å². The van der Waals surface area contributed by atoms with E-state index in [0.29, 0.717) is 6.54 Å². The minimum atomic E-state index is -0.00740. The molecule has 1 aliphatic heterocycles. The lowest BCUT2D eigenvalue weighted by Crippen LogP contribution is -2.50. The van der Waals surface area contributed by atoms with Gasteiger partial charge in [-0.2, -0.15) is 0 Å². The van der Waals surface area contributed by atoms with Crippen molar-refractivity contribution in [1.29, 1.82) is 0 Å². The number of carbonyl (C=O) groups is 1. The van der Waals surface area contributed by atoms with Crippen LogP contribution in [-0.2, 0) is 6.54 Å². The van der Waals surface area contributed by atoms with Crippen molar-refractivity contribution < 1.29 is 9.21 Å². The zero-order chi connectivity index (χ0) is 15.4. The lowest BCUT2D eigenvalue weighted by Gasteiger charge is -2.32. The highest BCUT2D eigenvalue weighted by Gasteiger charge is 2.18. The van der Waals surface area contributed by atoms with Gasteiger partial charge in [0.05, 0.1) is 18.2 Å². The zero-order valence-electron chi connectivity index (χ0n) is 12.7. The summed E-state index contributed by atoms with van der Waals surface area (Å²) >= 11 is 0. The molecule has 0 saturated carbocycles. The fourth-order valence-electron chi connectivity index (χ4n) is 2.41. The summed E-state index contributed by atoms with van der Waals surface area (Å²) in [5, 5.41) is 2.95. The van der Waals surface area contributed by atoms with E-state index in [4.69, 9.17) is 4.42 Å². The van der Waals surface area contributed by atoms with E-state index in [0.717, 1.165) is 43.0 Å². The Morgan fingerprint density at radius 3 is 2.73 bits per heavy atom. The van der Waals surface area contributed by atoms with Gasteiger partial charge in [-0.15, -0.1) is 0 Å². The molecule has 6 nitrogen and oxygen atoms in total. The summed E-state index contributed by atoms with van der Waals surface area (Å²) in [4.78, 5) is 20.6. The molecule has 0 atom stereocenters. The van der Waals surface area contributed by atoms with E-state index in [-0.39, 0.29) is 6.03 Å². The number of nitrogens with zero attached hydrogens (tertiary/aromatic N) is 3. The highest BCUT2D eigenvalue weighted by atomic mass is 16.3. The van der Waals surface area contributed by atoms with E-state index in [2.05, 4.69) is 22.2 Å². The topological polar surface area (TPSA) is 61.6 Å². The Hall–Kier alpha value is -2.34. The van der Waals surface area contributed by atoms with Crippen LogP contribution in [0.3, 0.4) is 0 Å². The third-order valence-corrected chi connectivity index (χ3v) is 3.88. The monoisotopic (exact) mass is 300 g/mol. The van der Waals surface area contributed by atoms with Gasteiger partial charge >= 0.3 is 6.03 Å². The van der Waals surface area contributed by atoms with Gasteiger partial charge < -0.3 is 19.5 Å². The summed E-state index contributed by atoms with van der Waals surface area (Å²) in [6.07, 6.45) is 5.07. The maximum absolute atomic E-state index is 12.1. The van der Waals surface area contributed by atoms with Gasteiger partial charge in [0, 0.05) is 44.5 Å². The first-order valence-corrected chi connectivity index (χ1v) is 7.41. The number of hydrogen-bond donors (Lipinski definition) is 1. The fourth-order valence-corrected chi connectivity index (χ4v) is 2.41. The zero-order valence-corrected chi connectivity index (χ0v) is 12.7. The summed E-state index contributed by atoms with van der Waals surface area (Å²) in [6, 6.07) is 5.77. The third kappa shape index (κ3) is 3.46. The number of amides is 2. The third-order valence-electron chi connectivity index (χ3n) is 3.88. The number of likely N-dealkylation sites (N-methyl/N-ethyl adjacent to an activating group) is 1. The second kappa shape index (κ2) is 6.62. The van der Waals surface area contributed by atoms with E-state index in [1.807, 2.05) is 23.1 Å². The van der Waals surface area contributed by atoms with Crippen molar-refractivity contribution in [2.75, 3.05) is 33.2 Å². The Kier molecular flexibility index (Phi) is 4.39. The van der Waals surface area contributed by atoms with Crippen molar-refractivity contribution >= 4 is 6.03 Å². The Balaban J connectivity index is 1.52. The molecule has 2 aromatic heterocycles. The number of piperazine rings is 1. The Morgan fingerprint density at radius 2 is 2.09 bits per heavy atom. The van der Waals surface area contributed by atoms with Crippen molar-refractivity contribution in [3.8, 4) is 11.3 Å². The van der Waals surface area contributed by atoms with Gasteiger partial charge in [0.1, 0.15) is 0 Å². The largest absolute Gasteiger partial charge is 0.472 e. The van der Waals surface area contributed by atoms with Gasteiger partial charge in [0.15, 0.2) is 0 Å². The molecule has 1 saturated heterocycles. The summed E-state index contributed by atoms with van der Waals surface area (Å²) in [5.74, 6) is 0. The van der Waals surface area contributed by atoms with Crippen LogP contribution in [0.25, 0.3) is 11.3 Å². The van der Waals surface area contributed by atoms with Gasteiger partial charge in [-0.25, -0.2) is 4.79 Å². The smallest absolute Gasteiger partial charge is 0.317 e. The highest BCUT2D eigenvalue weighted by Crippen LogP contribution is 2.17. The van der Waals surface area contributed by atoms with Crippen LogP contribution in [0.2, 0.25) is 0 Å². The number of rotatable bonds is 3. The molecule has 0 unspecified atom stereocenters. The first kappa shape index (κ1) is 14.6. The summed E-state index contributed by atoms with van der Waals surface area (Å²) in [6.45, 7) is 3.90. The fraction of sp³-hybridized carbons (Fsp3) is 0.375. The molecule has 116 valence electrons. The standard InChI is InChI=1S/C16H20N4O2/c1-19-5-7-20(8-6-19)16(21)18-11-13-2-3-15(17-10-13)14-4-9-22-12-14/h2-4,9-10,12H,5-8,11H2,1H3,(H,18,21). The number of aromatic nitrogens is 1. The molecular formula is C16H20N4O2. The molecule has 0 aromatic carbocycles. The SMILES string of the molecule is CN1CCN(C(=O)NCc2ccc(-c3ccoc3)nc2)CC1. The van der Waals surface area contributed by atoms with Crippen molar-refractivity contribution in [2.24, 2.45) is 0 Å². The molecule has 1 fully saturated rings. The van der Waals surface area contributed by atoms with E-state index >= 15 is 0 Å². The normalized spacial score (nSPS) is 15.8. The number of pyridine rings is 1. The molecule has 6 heteroatoms. The molecule has 2 amide bonds. The van der Waals surface area contributed by atoms with Gasteiger partial charge in [0.25, 0.3) is 0 Å². The Morgan fingerprint density at radius 1 is 1.27 bits per heavy atom. The van der Waals surface area contributed by atoms with Crippen molar-refractivity contribution in [3.05, 3.63) is 42.5 Å². The first-order chi connectivity index (χ1) is 10.7. The molecule has 3 heterocycles. The minimum absolute atomic E-state index is 0.00740. The average molecular weight is 300 g/mol. The summed E-state index contributed by atoms with van der Waals surface area (Å²) in [7, 11) is 2.07. The quantitative estimate of drug-likeness (QED) is 0.939. The van der Waals surface area contributed by atoms with Crippen LogP contribution < -0.4 is 5.32 Å². The van der Waals surface area contributed by atoms with Crippen LogP contribution in [-0.4, -0.2) is 54.0 Å². The average Bonchev–Trinajstić information content (AvgIpc) is 3.08. The van der Waals surface area contributed by atoms with Gasteiger partial charge in [-0.1, -0.05) is 6.07 Å². The molecule has 22 heavy (non-hydrogen) atoms. The van der Waals surface area contributed by atoms with Crippen LogP contribution in [0, 0.1) is 0 Å². The van der Waals surface area contributed by atoms with Crippen LogP contribution in [0.15, 0.2) is 41.3 Å². The van der Waals surface area contributed by atoms with Gasteiger partial charge in [0.2, 0.25) is 0 Å². The number of carbonyl (C=O) groups excluding carboxylic acids is 1. The molecule has 2 aromatic rings. The molecule has 0 bridgehead atoms. The van der Waals surface area contributed by atoms with Gasteiger partial charge in [-0.3, -0.25) is 4.98 Å². The lowest BCUT2D eigenvalue weighted by molar-refractivity contribution is 0.154. The van der Waals surface area contributed by atoms with Gasteiger partial charge in [-0.05, 0) is 24.7 Å². The first-order valence-electron chi connectivity index (χ1n) is 7.41. The van der Waals surface area contributed by atoms with Crippen molar-refractivity contribution in [1.82, 2.24) is 20.1 Å². The molecule has 1 N–H and O–H groups in total. The molecule has 0 aliphatic carbocycles. The summed E-state index contributed by atoms with van der Waals surface area (Å²) < 4.78 is 5.05. The minimum Gasteiger partial charge on any atom is -0.472 e. The maximum atomic E-state index is 12.1. The van der Waals surface area contributed by atoms with Crippen LogP contribution >= 0.6 is 0 Å². The Labute approximate surface area is 129 Å². The number of furan rings is 1. The second-order valence-corrected chi connectivity index (χ2v) is 5.51. The molecule has 0 radical (unpaired) electrons. The Bertz CT molecular complexity index is 602. The maximum Gasteiger partial charge on any atom is 0.317 e. The van der Waals surface area contributed by atoms with E-state index in [1.54, 1.807) is 18.7 Å². The predicted octanol–water partition coefficient (Wildman–Crippen LogP) is 1.80. The molecule has 0 spiro atoms. The predicted molar refractivity (Wildman–Crippen MR) is 83.2 cm³/mol. The molecule has 1 aliphatic rings. The van der Waals surface area contributed by atoms with Crippen LogP contribution in [0.5, 0.6) is 0 Å². The van der Waals surface area contributed by atoms with E-state index in [1.165, 1.54) is 0 Å². The highest BCUT2D eigenvalue weighted by molar-refractivity contribution is 5.74. The van der Waals surface area contributed by atoms with E-state index in [9.17, 15) is 4.79 Å². The van der Waals surface area contributed by atoms with Crippen molar-refractivity contribution in [2.45, 2.75) is 6.54 Å². The van der Waals surface area contributed by atoms with Crippen molar-refractivity contribution in [3.63, 3.8) is 0 Å². The number of urea groups is 1. The lowest BCUT2D eigenvalue weighted by atomic mass is 10.2. The number of hydrogen-bond acceptors (Lipinski definition) is 4.